The van der Waals surface area contributed by atoms with Crippen molar-refractivity contribution in [3.63, 3.8) is 0 Å². The standard InChI is InChI=1S/C19H22N6O2/c1-12-9-15-16(13(2)27-12)23-24(3)17(15)19(26)22-10-14-5-4-6-21-18(14)25-8-7-20-11-25/h4-8,11-13H,9-10H2,1-3H3,(H,22,26)/t12-,13+/m1/s1. The first-order valence-electron chi connectivity index (χ1n) is 8.96. The number of aromatic nitrogens is 5. The van der Waals surface area contributed by atoms with E-state index in [1.54, 1.807) is 30.5 Å². The highest BCUT2D eigenvalue weighted by Gasteiger charge is 2.31. The minimum absolute atomic E-state index is 0.0643. The molecular weight excluding hydrogens is 344 g/mol. The molecule has 0 aliphatic carbocycles. The van der Waals surface area contributed by atoms with E-state index in [9.17, 15) is 4.79 Å². The number of fused-ring (bicyclic) bond motifs is 1. The number of nitrogens with zero attached hydrogens (tertiary/aromatic N) is 5. The number of nitrogens with one attached hydrogen (secondary N) is 1. The first-order chi connectivity index (χ1) is 13.0. The Morgan fingerprint density at radius 3 is 3.00 bits per heavy atom. The van der Waals surface area contributed by atoms with Gasteiger partial charge >= 0.3 is 0 Å². The summed E-state index contributed by atoms with van der Waals surface area (Å²) >= 11 is 0. The zero-order chi connectivity index (χ0) is 19.0. The van der Waals surface area contributed by atoms with Crippen LogP contribution in [-0.2, 0) is 24.8 Å². The van der Waals surface area contributed by atoms with Crippen LogP contribution >= 0.6 is 0 Å². The Balaban J connectivity index is 1.57. The molecule has 1 aliphatic heterocycles. The van der Waals surface area contributed by atoms with Crippen LogP contribution in [0, 0.1) is 0 Å². The fourth-order valence-corrected chi connectivity index (χ4v) is 3.59. The van der Waals surface area contributed by atoms with Crippen molar-refractivity contribution in [2.24, 2.45) is 7.05 Å². The molecule has 2 atom stereocenters. The molecule has 3 aromatic heterocycles. The maximum atomic E-state index is 12.9. The Bertz CT molecular complexity index is 963. The molecule has 3 aromatic rings. The third kappa shape index (κ3) is 3.23. The molecule has 0 saturated carbocycles. The average molecular weight is 366 g/mol. The highest BCUT2D eigenvalue weighted by Crippen LogP contribution is 2.31. The molecular formula is C19H22N6O2. The molecule has 4 rings (SSSR count). The second-order valence-corrected chi connectivity index (χ2v) is 6.77. The number of hydrogen-bond donors (Lipinski definition) is 1. The van der Waals surface area contributed by atoms with Gasteiger partial charge in [0.2, 0.25) is 0 Å². The van der Waals surface area contributed by atoms with E-state index in [0.717, 1.165) is 22.6 Å². The molecule has 140 valence electrons. The Morgan fingerprint density at radius 1 is 1.37 bits per heavy atom. The summed E-state index contributed by atoms with van der Waals surface area (Å²) in [6.45, 7) is 4.35. The molecule has 0 bridgehead atoms. The molecule has 0 saturated heterocycles. The van der Waals surface area contributed by atoms with Crippen LogP contribution in [0.25, 0.3) is 5.82 Å². The van der Waals surface area contributed by atoms with Gasteiger partial charge in [0.1, 0.15) is 17.8 Å². The van der Waals surface area contributed by atoms with Crippen LogP contribution in [0.4, 0.5) is 0 Å². The van der Waals surface area contributed by atoms with E-state index in [1.165, 1.54) is 0 Å². The van der Waals surface area contributed by atoms with Gasteiger partial charge in [0.05, 0.1) is 17.9 Å². The van der Waals surface area contributed by atoms with Gasteiger partial charge in [0.25, 0.3) is 5.91 Å². The third-order valence-corrected chi connectivity index (χ3v) is 4.76. The lowest BCUT2D eigenvalue weighted by Gasteiger charge is -2.24. The monoisotopic (exact) mass is 366 g/mol. The van der Waals surface area contributed by atoms with Crippen molar-refractivity contribution in [2.45, 2.75) is 39.0 Å². The Hall–Kier alpha value is -3.00. The number of aryl methyl sites for hydroxylation is 1. The van der Waals surface area contributed by atoms with E-state index in [-0.39, 0.29) is 18.1 Å². The van der Waals surface area contributed by atoms with Crippen LogP contribution in [-0.4, -0.2) is 36.3 Å². The number of ether oxygens (including phenoxy) is 1. The number of imidazole rings is 1. The molecule has 1 amide bonds. The van der Waals surface area contributed by atoms with Crippen molar-refractivity contribution in [1.82, 2.24) is 29.6 Å². The van der Waals surface area contributed by atoms with Gasteiger partial charge in [-0.3, -0.25) is 14.0 Å². The van der Waals surface area contributed by atoms with Gasteiger partial charge in [0, 0.05) is 49.7 Å². The molecule has 1 N–H and O–H groups in total. The van der Waals surface area contributed by atoms with Crippen LogP contribution < -0.4 is 5.32 Å². The number of pyridine rings is 1. The van der Waals surface area contributed by atoms with E-state index in [4.69, 9.17) is 4.74 Å². The normalized spacial score (nSPS) is 18.9. The number of carbonyl (C=O) groups excluding carboxylic acids is 1. The first kappa shape index (κ1) is 17.4. The summed E-state index contributed by atoms with van der Waals surface area (Å²) in [6.07, 6.45) is 7.58. The quantitative estimate of drug-likeness (QED) is 0.763. The Labute approximate surface area is 157 Å². The van der Waals surface area contributed by atoms with Crippen molar-refractivity contribution in [1.29, 1.82) is 0 Å². The van der Waals surface area contributed by atoms with Crippen molar-refractivity contribution >= 4 is 5.91 Å². The zero-order valence-corrected chi connectivity index (χ0v) is 15.6. The molecule has 1 aliphatic rings. The van der Waals surface area contributed by atoms with Gasteiger partial charge in [0.15, 0.2) is 0 Å². The van der Waals surface area contributed by atoms with E-state index in [0.29, 0.717) is 18.7 Å². The Kier molecular flexibility index (Phi) is 4.49. The van der Waals surface area contributed by atoms with Crippen LogP contribution in [0.2, 0.25) is 0 Å². The highest BCUT2D eigenvalue weighted by molar-refractivity contribution is 5.94. The lowest BCUT2D eigenvalue weighted by molar-refractivity contribution is -0.00710. The molecule has 0 aromatic carbocycles. The van der Waals surface area contributed by atoms with Gasteiger partial charge in [-0.15, -0.1) is 0 Å². The first-order valence-corrected chi connectivity index (χ1v) is 8.96. The molecule has 0 unspecified atom stereocenters. The molecule has 8 heteroatoms. The van der Waals surface area contributed by atoms with E-state index < -0.39 is 0 Å². The van der Waals surface area contributed by atoms with Gasteiger partial charge in [-0.05, 0) is 19.9 Å². The fraction of sp³-hybridized carbons (Fsp3) is 0.368. The summed E-state index contributed by atoms with van der Waals surface area (Å²) in [5.74, 6) is 0.603. The van der Waals surface area contributed by atoms with E-state index in [1.807, 2.05) is 36.7 Å². The van der Waals surface area contributed by atoms with Gasteiger partial charge in [-0.25, -0.2) is 9.97 Å². The largest absolute Gasteiger partial charge is 0.369 e. The van der Waals surface area contributed by atoms with E-state index >= 15 is 0 Å². The second kappa shape index (κ2) is 6.96. The zero-order valence-electron chi connectivity index (χ0n) is 15.6. The summed E-state index contributed by atoms with van der Waals surface area (Å²) in [7, 11) is 1.80. The van der Waals surface area contributed by atoms with Crippen LogP contribution in [0.15, 0.2) is 37.1 Å². The van der Waals surface area contributed by atoms with Crippen molar-refractivity contribution in [2.75, 3.05) is 0 Å². The van der Waals surface area contributed by atoms with Crippen LogP contribution in [0.5, 0.6) is 0 Å². The van der Waals surface area contributed by atoms with Gasteiger partial charge in [-0.2, -0.15) is 5.10 Å². The summed E-state index contributed by atoms with van der Waals surface area (Å²) < 4.78 is 9.30. The van der Waals surface area contributed by atoms with Crippen LogP contribution in [0.1, 0.15) is 47.3 Å². The predicted molar refractivity (Wildman–Crippen MR) is 98.4 cm³/mol. The molecule has 4 heterocycles. The lowest BCUT2D eigenvalue weighted by atomic mass is 9.99. The van der Waals surface area contributed by atoms with Gasteiger partial charge < -0.3 is 10.1 Å². The number of carbonyl (C=O) groups is 1. The minimum atomic E-state index is -0.145. The summed E-state index contributed by atoms with van der Waals surface area (Å²) in [4.78, 5) is 21.4. The fourth-order valence-electron chi connectivity index (χ4n) is 3.59. The molecule has 0 spiro atoms. The van der Waals surface area contributed by atoms with Crippen molar-refractivity contribution in [3.8, 4) is 5.82 Å². The lowest BCUT2D eigenvalue weighted by Crippen LogP contribution is -2.28. The average Bonchev–Trinajstić information content (AvgIpc) is 3.28. The SMILES string of the molecule is C[C@@H]1Cc2c(nn(C)c2C(=O)NCc2cccnc2-n2ccnc2)[C@H](C)O1. The topological polar surface area (TPSA) is 86.9 Å². The van der Waals surface area contributed by atoms with Crippen LogP contribution in [0.3, 0.4) is 0 Å². The second-order valence-electron chi connectivity index (χ2n) is 6.77. The van der Waals surface area contributed by atoms with Gasteiger partial charge in [-0.1, -0.05) is 6.07 Å². The maximum absolute atomic E-state index is 12.9. The van der Waals surface area contributed by atoms with E-state index in [2.05, 4.69) is 20.4 Å². The third-order valence-electron chi connectivity index (χ3n) is 4.76. The minimum Gasteiger partial charge on any atom is -0.369 e. The number of hydrogen-bond acceptors (Lipinski definition) is 5. The predicted octanol–water partition coefficient (Wildman–Crippen LogP) is 1.95. The molecule has 0 radical (unpaired) electrons. The number of rotatable bonds is 4. The summed E-state index contributed by atoms with van der Waals surface area (Å²) in [5, 5.41) is 7.52. The summed E-state index contributed by atoms with van der Waals surface area (Å²) in [5.41, 5.74) is 3.33. The molecule has 27 heavy (non-hydrogen) atoms. The highest BCUT2D eigenvalue weighted by atomic mass is 16.5. The molecule has 8 nitrogen and oxygen atoms in total. The smallest absolute Gasteiger partial charge is 0.270 e. The van der Waals surface area contributed by atoms with Crippen molar-refractivity contribution < 1.29 is 9.53 Å². The molecule has 0 fully saturated rings. The summed E-state index contributed by atoms with van der Waals surface area (Å²) in [6, 6.07) is 3.80. The Morgan fingerprint density at radius 2 is 2.22 bits per heavy atom. The number of amides is 1. The van der Waals surface area contributed by atoms with Crippen molar-refractivity contribution in [3.05, 3.63) is 59.6 Å². The maximum Gasteiger partial charge on any atom is 0.270 e.